The van der Waals surface area contributed by atoms with Gasteiger partial charge in [0, 0.05) is 12.1 Å². The Morgan fingerprint density at radius 3 is 2.27 bits per heavy atom. The molecule has 1 heterocycles. The minimum Gasteiger partial charge on any atom is -0.445 e. The van der Waals surface area contributed by atoms with Crippen LogP contribution in [0.5, 0.6) is 0 Å². The average molecular weight is 451 g/mol. The Morgan fingerprint density at radius 2 is 1.70 bits per heavy atom. The normalized spacial score (nSPS) is 17.6. The number of oxime groups is 1. The number of nitrogens with zero attached hydrogens (tertiary/aromatic N) is 1. The van der Waals surface area contributed by atoms with Crippen molar-refractivity contribution in [3.63, 3.8) is 0 Å². The molecular weight excluding hydrogens is 421 g/mol. The molecule has 3 rings (SSSR count). The Hall–Kier alpha value is -3.30. The summed E-state index contributed by atoms with van der Waals surface area (Å²) in [5.74, 6) is 0.0274. The molecule has 0 radical (unpaired) electrons. The number of rotatable bonds is 7. The third kappa shape index (κ3) is 6.15. The highest BCUT2D eigenvalue weighted by Crippen LogP contribution is 2.38. The SMILES string of the molecule is CC1(C)OB(C(=Cc2ccc(C(N)=NO)cc2)CNC(=O)OCc2ccccc2)OC1(C)C. The molecule has 4 N–H and O–H groups in total. The highest BCUT2D eigenvalue weighted by atomic mass is 16.7. The van der Waals surface area contributed by atoms with Crippen molar-refractivity contribution in [3.8, 4) is 0 Å². The number of alkyl carbamates (subject to hydrolysis) is 1. The van der Waals surface area contributed by atoms with E-state index in [0.29, 0.717) is 5.56 Å². The molecule has 8 nitrogen and oxygen atoms in total. The molecule has 0 spiro atoms. The fourth-order valence-electron chi connectivity index (χ4n) is 3.17. The molecule has 33 heavy (non-hydrogen) atoms. The summed E-state index contributed by atoms with van der Waals surface area (Å²) in [6.07, 6.45) is 1.35. The van der Waals surface area contributed by atoms with Gasteiger partial charge in [-0.25, -0.2) is 4.79 Å². The van der Waals surface area contributed by atoms with Crippen LogP contribution in [-0.4, -0.2) is 42.0 Å². The van der Waals surface area contributed by atoms with Gasteiger partial charge in [-0.15, -0.1) is 0 Å². The van der Waals surface area contributed by atoms with Crippen LogP contribution in [0.3, 0.4) is 0 Å². The van der Waals surface area contributed by atoms with Crippen molar-refractivity contribution in [2.45, 2.75) is 45.5 Å². The van der Waals surface area contributed by atoms with Crippen LogP contribution < -0.4 is 11.1 Å². The molecule has 0 aliphatic carbocycles. The first-order valence-corrected chi connectivity index (χ1v) is 10.7. The van der Waals surface area contributed by atoms with Gasteiger partial charge >= 0.3 is 13.2 Å². The molecule has 1 fully saturated rings. The molecule has 9 heteroatoms. The lowest BCUT2D eigenvalue weighted by Gasteiger charge is -2.32. The Bertz CT molecular complexity index is 1000. The molecule has 1 amide bonds. The Morgan fingerprint density at radius 1 is 1.09 bits per heavy atom. The van der Waals surface area contributed by atoms with Crippen molar-refractivity contribution >= 4 is 25.1 Å². The van der Waals surface area contributed by atoms with Gasteiger partial charge in [-0.05, 0) is 44.3 Å². The molecule has 1 aliphatic heterocycles. The number of carbonyl (C=O) groups is 1. The Labute approximate surface area is 194 Å². The summed E-state index contributed by atoms with van der Waals surface area (Å²) >= 11 is 0. The van der Waals surface area contributed by atoms with E-state index in [9.17, 15) is 4.79 Å². The zero-order valence-electron chi connectivity index (χ0n) is 19.4. The molecule has 2 aromatic carbocycles. The van der Waals surface area contributed by atoms with Crippen LogP contribution in [0.4, 0.5) is 4.79 Å². The molecule has 0 atom stereocenters. The van der Waals surface area contributed by atoms with Gasteiger partial charge < -0.3 is 30.3 Å². The standard InChI is InChI=1S/C24H30BN3O5/c1-23(2)24(3,4)33-25(32-23)20(14-17-10-12-19(13-11-17)21(26)28-30)15-27-22(29)31-16-18-8-6-5-7-9-18/h5-14,30H,15-16H2,1-4H3,(H2,26,28)(H,27,29). The molecule has 1 aliphatic rings. The molecule has 1 saturated heterocycles. The number of hydrogen-bond acceptors (Lipinski definition) is 6. The van der Waals surface area contributed by atoms with Crippen molar-refractivity contribution in [1.82, 2.24) is 5.32 Å². The third-order valence-electron chi connectivity index (χ3n) is 5.87. The van der Waals surface area contributed by atoms with Crippen LogP contribution in [-0.2, 0) is 20.7 Å². The van der Waals surface area contributed by atoms with Crippen molar-refractivity contribution in [2.75, 3.05) is 6.54 Å². The second kappa shape index (κ2) is 10.1. The average Bonchev–Trinajstić information content (AvgIpc) is 3.02. The Kier molecular flexibility index (Phi) is 7.45. The fraction of sp³-hybridized carbons (Fsp3) is 0.333. The number of nitrogens with one attached hydrogen (secondary N) is 1. The molecule has 0 aromatic heterocycles. The fourth-order valence-corrected chi connectivity index (χ4v) is 3.17. The topological polar surface area (TPSA) is 115 Å². The zero-order chi connectivity index (χ0) is 24.1. The van der Waals surface area contributed by atoms with Crippen LogP contribution in [0.15, 0.2) is 65.2 Å². The lowest BCUT2D eigenvalue weighted by molar-refractivity contribution is 0.00578. The number of hydrogen-bond donors (Lipinski definition) is 3. The first-order chi connectivity index (χ1) is 15.6. The quantitative estimate of drug-likeness (QED) is 0.194. The lowest BCUT2D eigenvalue weighted by atomic mass is 9.77. The van der Waals surface area contributed by atoms with E-state index in [4.69, 9.17) is 25.0 Å². The maximum Gasteiger partial charge on any atom is 0.492 e. The van der Waals surface area contributed by atoms with Crippen LogP contribution in [0.25, 0.3) is 6.08 Å². The summed E-state index contributed by atoms with van der Waals surface area (Å²) in [4.78, 5) is 12.3. The van der Waals surface area contributed by atoms with Crippen LogP contribution in [0, 0.1) is 0 Å². The molecule has 2 aromatic rings. The summed E-state index contributed by atoms with van der Waals surface area (Å²) in [5, 5.41) is 14.6. The first kappa shape index (κ1) is 24.3. The second-order valence-corrected chi connectivity index (χ2v) is 8.83. The van der Waals surface area contributed by atoms with Crippen molar-refractivity contribution in [1.29, 1.82) is 0 Å². The van der Waals surface area contributed by atoms with E-state index < -0.39 is 24.4 Å². The smallest absolute Gasteiger partial charge is 0.445 e. The van der Waals surface area contributed by atoms with E-state index in [0.717, 1.165) is 16.6 Å². The number of amides is 1. The molecule has 0 saturated carbocycles. The van der Waals surface area contributed by atoms with Crippen molar-refractivity contribution < 1.29 is 24.0 Å². The molecule has 0 bridgehead atoms. The minimum absolute atomic E-state index is 0.0274. The van der Waals surface area contributed by atoms with E-state index in [-0.39, 0.29) is 19.0 Å². The largest absolute Gasteiger partial charge is 0.492 e. The highest BCUT2D eigenvalue weighted by molar-refractivity contribution is 6.56. The monoisotopic (exact) mass is 451 g/mol. The van der Waals surface area contributed by atoms with E-state index >= 15 is 0 Å². The predicted molar refractivity (Wildman–Crippen MR) is 128 cm³/mol. The summed E-state index contributed by atoms with van der Waals surface area (Å²) in [6, 6.07) is 16.6. The van der Waals surface area contributed by atoms with E-state index in [1.165, 1.54) is 0 Å². The van der Waals surface area contributed by atoms with Crippen LogP contribution >= 0.6 is 0 Å². The summed E-state index contributed by atoms with van der Waals surface area (Å²) in [5.41, 5.74) is 7.65. The van der Waals surface area contributed by atoms with Gasteiger partial charge in [0.15, 0.2) is 5.84 Å². The van der Waals surface area contributed by atoms with E-state index in [1.54, 1.807) is 12.1 Å². The maximum atomic E-state index is 12.3. The number of benzene rings is 2. The van der Waals surface area contributed by atoms with Crippen LogP contribution in [0.1, 0.15) is 44.4 Å². The third-order valence-corrected chi connectivity index (χ3v) is 5.87. The second-order valence-electron chi connectivity index (χ2n) is 8.83. The maximum absolute atomic E-state index is 12.3. The molecule has 174 valence electrons. The number of carbonyl (C=O) groups excluding carboxylic acids is 1. The first-order valence-electron chi connectivity index (χ1n) is 10.7. The highest BCUT2D eigenvalue weighted by Gasteiger charge is 2.52. The summed E-state index contributed by atoms with van der Waals surface area (Å²) < 4.78 is 17.7. The van der Waals surface area contributed by atoms with Gasteiger partial charge in [0.25, 0.3) is 0 Å². The summed E-state index contributed by atoms with van der Waals surface area (Å²) in [7, 11) is -0.645. The predicted octanol–water partition coefficient (Wildman–Crippen LogP) is 3.72. The van der Waals surface area contributed by atoms with Gasteiger partial charge in [-0.1, -0.05) is 65.8 Å². The van der Waals surface area contributed by atoms with Crippen molar-refractivity contribution in [2.24, 2.45) is 10.9 Å². The lowest BCUT2D eigenvalue weighted by Crippen LogP contribution is -2.41. The van der Waals surface area contributed by atoms with Gasteiger partial charge in [0.2, 0.25) is 0 Å². The van der Waals surface area contributed by atoms with E-state index in [2.05, 4.69) is 10.5 Å². The zero-order valence-corrected chi connectivity index (χ0v) is 19.4. The molecule has 0 unspecified atom stereocenters. The van der Waals surface area contributed by atoms with Crippen molar-refractivity contribution in [3.05, 3.63) is 76.8 Å². The summed E-state index contributed by atoms with van der Waals surface area (Å²) in [6.45, 7) is 8.23. The van der Waals surface area contributed by atoms with Gasteiger partial charge in [0.1, 0.15) is 6.61 Å². The van der Waals surface area contributed by atoms with Gasteiger partial charge in [0.05, 0.1) is 11.2 Å². The van der Waals surface area contributed by atoms with Crippen LogP contribution in [0.2, 0.25) is 0 Å². The van der Waals surface area contributed by atoms with E-state index in [1.807, 2.05) is 76.2 Å². The minimum atomic E-state index is -0.645. The Balaban J connectivity index is 1.74. The van der Waals surface area contributed by atoms with Gasteiger partial charge in [-0.3, -0.25) is 0 Å². The van der Waals surface area contributed by atoms with Gasteiger partial charge in [-0.2, -0.15) is 0 Å². The number of nitrogens with two attached hydrogens (primary N) is 1. The molecular formula is C24H30BN3O5. The number of amidine groups is 1. The number of ether oxygens (including phenoxy) is 1.